The zero-order valence-corrected chi connectivity index (χ0v) is 11.0. The molecule has 1 aromatic carbocycles. The molecular weight excluding hydrogens is 266 g/mol. The highest BCUT2D eigenvalue weighted by Gasteiger charge is 2.32. The first-order valence-corrected chi connectivity index (χ1v) is 6.87. The number of β-amino-alcohol motifs (C(OH)–C–C–N with tert-alkyl or cyclic N) is 2. The van der Waals surface area contributed by atoms with E-state index in [9.17, 15) is 19.0 Å². The van der Waals surface area contributed by atoms with Gasteiger partial charge in [0.2, 0.25) is 0 Å². The molecule has 1 aromatic rings. The van der Waals surface area contributed by atoms with E-state index in [0.29, 0.717) is 18.2 Å². The minimum atomic E-state index is -0.968. The molecule has 0 radical (unpaired) electrons. The zero-order valence-electron chi connectivity index (χ0n) is 11.0. The zero-order chi connectivity index (χ0) is 14.3. The lowest BCUT2D eigenvalue weighted by Gasteiger charge is -2.20. The van der Waals surface area contributed by atoms with Crippen molar-refractivity contribution in [2.45, 2.75) is 37.6 Å². The van der Waals surface area contributed by atoms with E-state index in [1.807, 2.05) is 0 Å². The van der Waals surface area contributed by atoms with Gasteiger partial charge in [-0.1, -0.05) is 0 Å². The molecule has 0 aromatic heterocycles. The van der Waals surface area contributed by atoms with Crippen LogP contribution in [0.15, 0.2) is 12.1 Å². The highest BCUT2D eigenvalue weighted by Crippen LogP contribution is 2.29. The number of benzene rings is 1. The summed E-state index contributed by atoms with van der Waals surface area (Å²) < 4.78 is 28.2. The summed E-state index contributed by atoms with van der Waals surface area (Å²) in [5.41, 5.74) is 0.395. The molecule has 2 fully saturated rings. The van der Waals surface area contributed by atoms with Crippen molar-refractivity contribution in [2.75, 3.05) is 18.0 Å². The maximum atomic E-state index is 14.1. The molecule has 1 aliphatic carbocycles. The predicted octanol–water partition coefficient (Wildman–Crippen LogP) is 0.759. The number of aliphatic hydroxyl groups excluding tert-OH is 2. The van der Waals surface area contributed by atoms with Crippen LogP contribution in [0.2, 0.25) is 0 Å². The summed E-state index contributed by atoms with van der Waals surface area (Å²) in [7, 11) is 0. The molecule has 4 nitrogen and oxygen atoms in total. The van der Waals surface area contributed by atoms with Gasteiger partial charge in [0.25, 0.3) is 0 Å². The number of hydrogen-bond acceptors (Lipinski definition) is 4. The topological polar surface area (TPSA) is 55.7 Å². The van der Waals surface area contributed by atoms with Crippen molar-refractivity contribution in [3.8, 4) is 0 Å². The Bertz CT molecular complexity index is 475. The number of halogens is 2. The lowest BCUT2D eigenvalue weighted by Crippen LogP contribution is -2.24. The average Bonchev–Trinajstić information content (AvgIpc) is 3.14. The van der Waals surface area contributed by atoms with Gasteiger partial charge < -0.3 is 20.4 Å². The van der Waals surface area contributed by atoms with Crippen molar-refractivity contribution in [2.24, 2.45) is 0 Å². The summed E-state index contributed by atoms with van der Waals surface area (Å²) in [6.45, 7) is 0.521. The number of nitrogens with zero attached hydrogens (tertiary/aromatic N) is 1. The largest absolute Gasteiger partial charge is 0.389 e. The summed E-state index contributed by atoms with van der Waals surface area (Å²) in [5.74, 6) is -1.31. The third-order valence-electron chi connectivity index (χ3n) is 3.82. The van der Waals surface area contributed by atoms with Crippen molar-refractivity contribution < 1.29 is 19.0 Å². The molecule has 1 saturated carbocycles. The van der Waals surface area contributed by atoms with Gasteiger partial charge in [0.1, 0.15) is 17.3 Å². The molecule has 3 rings (SSSR count). The standard InChI is InChI=1S/C14H18F2N2O2/c15-10-3-8(5-17-9-1-2-9)4-11(16)14(10)18-6-12(19)13(20)7-18/h3-4,9,12-13,17,19-20H,1-2,5-7H2. The highest BCUT2D eigenvalue weighted by molar-refractivity contribution is 5.52. The smallest absolute Gasteiger partial charge is 0.149 e. The van der Waals surface area contributed by atoms with Crippen molar-refractivity contribution in [1.82, 2.24) is 5.32 Å². The van der Waals surface area contributed by atoms with Crippen molar-refractivity contribution in [3.63, 3.8) is 0 Å². The Morgan fingerprint density at radius 1 is 1.10 bits per heavy atom. The molecule has 1 saturated heterocycles. The summed E-state index contributed by atoms with van der Waals surface area (Å²) in [5, 5.41) is 22.1. The van der Waals surface area contributed by atoms with Crippen LogP contribution in [-0.4, -0.2) is 41.6 Å². The number of hydrogen-bond donors (Lipinski definition) is 3. The number of rotatable bonds is 4. The van der Waals surface area contributed by atoms with E-state index in [-0.39, 0.29) is 18.8 Å². The Balaban J connectivity index is 1.77. The minimum Gasteiger partial charge on any atom is -0.389 e. The van der Waals surface area contributed by atoms with Crippen LogP contribution in [0.1, 0.15) is 18.4 Å². The van der Waals surface area contributed by atoms with Crippen LogP contribution in [0.5, 0.6) is 0 Å². The Hall–Kier alpha value is -1.24. The average molecular weight is 284 g/mol. The Morgan fingerprint density at radius 2 is 1.65 bits per heavy atom. The number of aliphatic hydroxyl groups is 2. The lowest BCUT2D eigenvalue weighted by molar-refractivity contribution is 0.0572. The van der Waals surface area contributed by atoms with E-state index >= 15 is 0 Å². The Morgan fingerprint density at radius 3 is 2.15 bits per heavy atom. The SMILES string of the molecule is OC1CN(c2c(F)cc(CNC3CC3)cc2F)CC1O. The molecule has 2 aliphatic rings. The van der Waals surface area contributed by atoms with Crippen LogP contribution in [0, 0.1) is 11.6 Å². The molecule has 1 aliphatic heterocycles. The molecule has 20 heavy (non-hydrogen) atoms. The fourth-order valence-corrected chi connectivity index (χ4v) is 2.52. The van der Waals surface area contributed by atoms with E-state index in [0.717, 1.165) is 12.8 Å². The second-order valence-electron chi connectivity index (χ2n) is 5.60. The fourth-order valence-electron chi connectivity index (χ4n) is 2.52. The summed E-state index contributed by atoms with van der Waals surface area (Å²) in [6.07, 6.45) is 0.300. The predicted molar refractivity (Wildman–Crippen MR) is 70.4 cm³/mol. The van der Waals surface area contributed by atoms with Crippen LogP contribution >= 0.6 is 0 Å². The van der Waals surface area contributed by atoms with Gasteiger partial charge in [0, 0.05) is 25.7 Å². The molecule has 2 unspecified atom stereocenters. The number of anilines is 1. The first kappa shape index (κ1) is 13.7. The van der Waals surface area contributed by atoms with Gasteiger partial charge in [-0.3, -0.25) is 0 Å². The van der Waals surface area contributed by atoms with Gasteiger partial charge in [-0.05, 0) is 30.5 Å². The summed E-state index contributed by atoms with van der Waals surface area (Å²) >= 11 is 0. The molecule has 2 atom stereocenters. The molecular formula is C14H18F2N2O2. The van der Waals surface area contributed by atoms with Crippen molar-refractivity contribution in [1.29, 1.82) is 0 Å². The van der Waals surface area contributed by atoms with E-state index in [1.54, 1.807) is 0 Å². The monoisotopic (exact) mass is 284 g/mol. The highest BCUT2D eigenvalue weighted by atomic mass is 19.1. The van der Waals surface area contributed by atoms with Crippen LogP contribution in [0.25, 0.3) is 0 Å². The first-order valence-electron chi connectivity index (χ1n) is 6.87. The van der Waals surface area contributed by atoms with E-state index in [4.69, 9.17) is 0 Å². The third-order valence-corrected chi connectivity index (χ3v) is 3.82. The van der Waals surface area contributed by atoms with Crippen molar-refractivity contribution in [3.05, 3.63) is 29.3 Å². The van der Waals surface area contributed by atoms with Gasteiger partial charge in [-0.25, -0.2) is 8.78 Å². The molecule has 0 bridgehead atoms. The van der Waals surface area contributed by atoms with Crippen LogP contribution in [0.3, 0.4) is 0 Å². The normalized spacial score (nSPS) is 26.3. The van der Waals surface area contributed by atoms with Gasteiger partial charge in [0.05, 0.1) is 12.2 Å². The van der Waals surface area contributed by atoms with Gasteiger partial charge in [-0.15, -0.1) is 0 Å². The molecule has 6 heteroatoms. The molecule has 1 heterocycles. The molecule has 0 amide bonds. The lowest BCUT2D eigenvalue weighted by atomic mass is 10.1. The first-order chi connectivity index (χ1) is 9.54. The number of nitrogens with one attached hydrogen (secondary N) is 1. The summed E-state index contributed by atoms with van der Waals surface area (Å²) in [6, 6.07) is 3.10. The second-order valence-corrected chi connectivity index (χ2v) is 5.60. The quantitative estimate of drug-likeness (QED) is 0.764. The van der Waals surface area contributed by atoms with Crippen LogP contribution in [-0.2, 0) is 6.54 Å². The van der Waals surface area contributed by atoms with Crippen molar-refractivity contribution >= 4 is 5.69 Å². The maximum Gasteiger partial charge on any atom is 0.149 e. The fraction of sp³-hybridized carbons (Fsp3) is 0.571. The van der Waals surface area contributed by atoms with Gasteiger partial charge in [-0.2, -0.15) is 0 Å². The third kappa shape index (κ3) is 2.77. The van der Waals surface area contributed by atoms with Crippen LogP contribution < -0.4 is 10.2 Å². The van der Waals surface area contributed by atoms with E-state index < -0.39 is 23.8 Å². The van der Waals surface area contributed by atoms with Crippen LogP contribution in [0.4, 0.5) is 14.5 Å². The minimum absolute atomic E-state index is 0.0364. The molecule has 0 spiro atoms. The van der Waals surface area contributed by atoms with E-state index in [1.165, 1.54) is 17.0 Å². The Kier molecular flexibility index (Phi) is 3.62. The molecule has 110 valence electrons. The molecule has 3 N–H and O–H groups in total. The van der Waals surface area contributed by atoms with Gasteiger partial charge >= 0.3 is 0 Å². The Labute approximate surface area is 116 Å². The second kappa shape index (κ2) is 5.27. The van der Waals surface area contributed by atoms with Gasteiger partial charge in [0.15, 0.2) is 0 Å². The van der Waals surface area contributed by atoms with E-state index in [2.05, 4.69) is 5.32 Å². The summed E-state index contributed by atoms with van der Waals surface area (Å²) in [4.78, 5) is 1.35. The maximum absolute atomic E-state index is 14.1.